The highest BCUT2D eigenvalue weighted by Gasteiger charge is 2.25. The van der Waals surface area contributed by atoms with E-state index in [2.05, 4.69) is 15.3 Å². The lowest BCUT2D eigenvalue weighted by molar-refractivity contribution is 0.0824. The van der Waals surface area contributed by atoms with Crippen LogP contribution in [0.5, 0.6) is 5.75 Å². The van der Waals surface area contributed by atoms with Gasteiger partial charge in [0, 0.05) is 44.8 Å². The van der Waals surface area contributed by atoms with E-state index in [0.717, 1.165) is 10.6 Å². The first-order valence-corrected chi connectivity index (χ1v) is 11.4. The van der Waals surface area contributed by atoms with E-state index in [1.165, 1.54) is 18.1 Å². The Morgan fingerprint density at radius 2 is 1.78 bits per heavy atom. The lowest BCUT2D eigenvalue weighted by Gasteiger charge is -2.19. The van der Waals surface area contributed by atoms with Gasteiger partial charge in [0.1, 0.15) is 5.52 Å². The number of carbonyl (C=O) groups excluding carboxylic acids is 2. The Labute approximate surface area is 185 Å². The summed E-state index contributed by atoms with van der Waals surface area (Å²) in [6, 6.07) is 9.94. The number of benzene rings is 1. The number of fused-ring (bicyclic) bond motifs is 1. The lowest BCUT2D eigenvalue weighted by atomic mass is 10.1. The summed E-state index contributed by atoms with van der Waals surface area (Å²) in [5.41, 5.74) is 0.665. The minimum absolute atomic E-state index is 0.00674. The predicted molar refractivity (Wildman–Crippen MR) is 120 cm³/mol. The third-order valence-electron chi connectivity index (χ3n) is 4.82. The Hall–Kier alpha value is -3.73. The average molecular weight is 458 g/mol. The smallest absolute Gasteiger partial charge is 0.274 e. The zero-order valence-corrected chi connectivity index (χ0v) is 18.8. The van der Waals surface area contributed by atoms with Crippen LogP contribution in [0.15, 0.2) is 42.6 Å². The van der Waals surface area contributed by atoms with Crippen molar-refractivity contribution in [3.63, 3.8) is 0 Å². The highest BCUT2D eigenvalue weighted by atomic mass is 32.2. The first kappa shape index (κ1) is 22.9. The molecule has 1 aromatic carbocycles. The molecule has 168 valence electrons. The van der Waals surface area contributed by atoms with Crippen LogP contribution in [0.3, 0.4) is 0 Å². The van der Waals surface area contributed by atoms with Crippen molar-refractivity contribution < 1.29 is 23.1 Å². The standard InChI is InChI=1S/C21H23N5O5S/c1-25(2)21(29)14-9-6-5-8-13(14)12-23-20(28)17-18(27)16-15(10-7-11-22-16)19(24-17)26(3)32(4,30)31/h5-11,27H,12H2,1-4H3,(H,23,28). The fourth-order valence-corrected chi connectivity index (χ4v) is 3.50. The van der Waals surface area contributed by atoms with Gasteiger partial charge >= 0.3 is 0 Å². The number of aromatic hydroxyl groups is 1. The van der Waals surface area contributed by atoms with Crippen molar-refractivity contribution in [3.05, 3.63) is 59.4 Å². The Bertz CT molecular complexity index is 1310. The van der Waals surface area contributed by atoms with E-state index in [4.69, 9.17) is 0 Å². The van der Waals surface area contributed by atoms with Crippen LogP contribution in [0, 0.1) is 0 Å². The van der Waals surface area contributed by atoms with E-state index in [9.17, 15) is 23.1 Å². The van der Waals surface area contributed by atoms with Crippen molar-refractivity contribution in [1.29, 1.82) is 0 Å². The minimum Gasteiger partial charge on any atom is -0.504 e. The minimum atomic E-state index is -3.69. The quantitative estimate of drug-likeness (QED) is 0.571. The van der Waals surface area contributed by atoms with Gasteiger partial charge in [-0.1, -0.05) is 18.2 Å². The summed E-state index contributed by atoms with van der Waals surface area (Å²) in [5, 5.41) is 13.5. The molecule has 0 fully saturated rings. The molecular weight excluding hydrogens is 434 g/mol. The molecule has 2 amide bonds. The summed E-state index contributed by atoms with van der Waals surface area (Å²) in [6.07, 6.45) is 2.42. The summed E-state index contributed by atoms with van der Waals surface area (Å²) in [5.74, 6) is -1.48. The molecule has 0 aliphatic carbocycles. The van der Waals surface area contributed by atoms with Crippen molar-refractivity contribution in [2.75, 3.05) is 31.7 Å². The molecule has 32 heavy (non-hydrogen) atoms. The van der Waals surface area contributed by atoms with E-state index in [1.54, 1.807) is 50.5 Å². The lowest BCUT2D eigenvalue weighted by Crippen LogP contribution is -2.29. The molecular formula is C21H23N5O5S. The normalized spacial score (nSPS) is 11.2. The summed E-state index contributed by atoms with van der Waals surface area (Å²) in [7, 11) is 0.857. The molecule has 3 rings (SSSR count). The molecule has 0 bridgehead atoms. The second-order valence-electron chi connectivity index (χ2n) is 7.30. The maximum atomic E-state index is 12.9. The molecule has 0 atom stereocenters. The number of sulfonamides is 1. The second kappa shape index (κ2) is 8.79. The number of carbonyl (C=O) groups is 2. The molecule has 0 spiro atoms. The second-order valence-corrected chi connectivity index (χ2v) is 9.32. The number of hydrogen-bond acceptors (Lipinski definition) is 7. The Morgan fingerprint density at radius 3 is 2.44 bits per heavy atom. The van der Waals surface area contributed by atoms with Crippen LogP contribution >= 0.6 is 0 Å². The SMILES string of the molecule is CN(C)C(=O)c1ccccc1CNC(=O)c1nc(N(C)S(C)(=O)=O)c2cccnc2c1O. The van der Waals surface area contributed by atoms with Gasteiger partial charge in [-0.05, 0) is 23.8 Å². The summed E-state index contributed by atoms with van der Waals surface area (Å²) in [4.78, 5) is 34.9. The largest absolute Gasteiger partial charge is 0.504 e. The maximum Gasteiger partial charge on any atom is 0.274 e. The molecule has 11 heteroatoms. The number of pyridine rings is 2. The van der Waals surface area contributed by atoms with Gasteiger partial charge < -0.3 is 15.3 Å². The fraction of sp³-hybridized carbons (Fsp3) is 0.238. The van der Waals surface area contributed by atoms with E-state index in [-0.39, 0.29) is 34.9 Å². The zero-order chi connectivity index (χ0) is 23.6. The number of hydrogen-bond donors (Lipinski definition) is 2. The third-order valence-corrected chi connectivity index (χ3v) is 5.99. The monoisotopic (exact) mass is 457 g/mol. The number of nitrogens with zero attached hydrogens (tertiary/aromatic N) is 4. The predicted octanol–water partition coefficient (Wildman–Crippen LogP) is 1.36. The van der Waals surface area contributed by atoms with Gasteiger partial charge in [0.25, 0.3) is 11.8 Å². The summed E-state index contributed by atoms with van der Waals surface area (Å²) >= 11 is 0. The topological polar surface area (TPSA) is 133 Å². The number of rotatable bonds is 6. The molecule has 0 saturated carbocycles. The Morgan fingerprint density at radius 1 is 1.09 bits per heavy atom. The van der Waals surface area contributed by atoms with E-state index < -0.39 is 21.7 Å². The van der Waals surface area contributed by atoms with Gasteiger partial charge in [0.05, 0.1) is 6.26 Å². The third kappa shape index (κ3) is 4.47. The van der Waals surface area contributed by atoms with Crippen LogP contribution in [-0.2, 0) is 16.6 Å². The van der Waals surface area contributed by atoms with Gasteiger partial charge in [-0.2, -0.15) is 0 Å². The molecule has 0 aliphatic rings. The summed E-state index contributed by atoms with van der Waals surface area (Å²) in [6.45, 7) is -0.00674. The number of nitrogens with one attached hydrogen (secondary N) is 1. The van der Waals surface area contributed by atoms with Crippen LogP contribution in [0.25, 0.3) is 10.9 Å². The van der Waals surface area contributed by atoms with Gasteiger partial charge in [-0.25, -0.2) is 13.4 Å². The van der Waals surface area contributed by atoms with Crippen LogP contribution in [-0.4, -0.2) is 67.6 Å². The molecule has 10 nitrogen and oxygen atoms in total. The number of anilines is 1. The summed E-state index contributed by atoms with van der Waals surface area (Å²) < 4.78 is 25.1. The van der Waals surface area contributed by atoms with Gasteiger partial charge in [0.15, 0.2) is 17.3 Å². The molecule has 2 aromatic heterocycles. The molecule has 0 radical (unpaired) electrons. The zero-order valence-electron chi connectivity index (χ0n) is 18.0. The van der Waals surface area contributed by atoms with Crippen LogP contribution in [0.1, 0.15) is 26.4 Å². The first-order chi connectivity index (χ1) is 15.0. The molecule has 0 saturated heterocycles. The molecule has 0 aliphatic heterocycles. The van der Waals surface area contributed by atoms with Crippen molar-refractivity contribution in [2.24, 2.45) is 0 Å². The highest BCUT2D eigenvalue weighted by molar-refractivity contribution is 7.92. The van der Waals surface area contributed by atoms with Crippen molar-refractivity contribution in [3.8, 4) is 5.75 Å². The van der Waals surface area contributed by atoms with E-state index in [1.807, 2.05) is 0 Å². The molecule has 2 N–H and O–H groups in total. The molecule has 2 heterocycles. The van der Waals surface area contributed by atoms with E-state index >= 15 is 0 Å². The first-order valence-electron chi connectivity index (χ1n) is 9.51. The average Bonchev–Trinajstić information content (AvgIpc) is 2.76. The van der Waals surface area contributed by atoms with Crippen molar-refractivity contribution >= 4 is 38.6 Å². The molecule has 3 aromatic rings. The van der Waals surface area contributed by atoms with Crippen LogP contribution < -0.4 is 9.62 Å². The van der Waals surface area contributed by atoms with Gasteiger partial charge in [0.2, 0.25) is 10.0 Å². The Balaban J connectivity index is 2.00. The molecule has 0 unspecified atom stereocenters. The van der Waals surface area contributed by atoms with Gasteiger partial charge in [-0.15, -0.1) is 0 Å². The fourth-order valence-electron chi connectivity index (χ4n) is 3.04. The van der Waals surface area contributed by atoms with Crippen molar-refractivity contribution in [2.45, 2.75) is 6.54 Å². The van der Waals surface area contributed by atoms with Gasteiger partial charge in [-0.3, -0.25) is 18.9 Å². The van der Waals surface area contributed by atoms with Crippen LogP contribution in [0.4, 0.5) is 5.82 Å². The maximum absolute atomic E-state index is 12.9. The number of aromatic nitrogens is 2. The van der Waals surface area contributed by atoms with E-state index in [0.29, 0.717) is 11.1 Å². The highest BCUT2D eigenvalue weighted by Crippen LogP contribution is 2.32. The van der Waals surface area contributed by atoms with Crippen LogP contribution in [0.2, 0.25) is 0 Å². The number of amides is 2. The van der Waals surface area contributed by atoms with Crippen molar-refractivity contribution in [1.82, 2.24) is 20.2 Å². The Kier molecular flexibility index (Phi) is 6.30.